The van der Waals surface area contributed by atoms with Gasteiger partial charge in [-0.05, 0) is 58.0 Å². The first-order chi connectivity index (χ1) is 10.8. The predicted molar refractivity (Wildman–Crippen MR) is 88.8 cm³/mol. The highest BCUT2D eigenvalue weighted by atomic mass is 16.5. The summed E-state index contributed by atoms with van der Waals surface area (Å²) in [5, 5.41) is 0. The highest BCUT2D eigenvalue weighted by molar-refractivity contribution is 5.85. The largest absolute Gasteiger partial charge is 0.385 e. The Morgan fingerprint density at radius 3 is 2.48 bits per heavy atom. The number of methoxy groups -OCH3 is 1. The molecule has 2 aliphatic rings. The summed E-state index contributed by atoms with van der Waals surface area (Å²) in [6, 6.07) is 0. The molecule has 132 valence electrons. The van der Waals surface area contributed by atoms with Gasteiger partial charge in [0.1, 0.15) is 0 Å². The predicted octanol–water partition coefficient (Wildman–Crippen LogP) is 0.991. The molecule has 23 heavy (non-hydrogen) atoms. The lowest BCUT2D eigenvalue weighted by Crippen LogP contribution is -2.50. The van der Waals surface area contributed by atoms with Crippen LogP contribution in [0.3, 0.4) is 0 Å². The van der Waals surface area contributed by atoms with Crippen molar-refractivity contribution in [3.63, 3.8) is 0 Å². The van der Waals surface area contributed by atoms with Crippen LogP contribution >= 0.6 is 0 Å². The van der Waals surface area contributed by atoms with Gasteiger partial charge in [0, 0.05) is 32.2 Å². The number of nitrogens with zero attached hydrogens (tertiary/aromatic N) is 2. The number of ether oxygens (including phenoxy) is 1. The molecule has 1 heterocycles. The van der Waals surface area contributed by atoms with Crippen LogP contribution in [0.2, 0.25) is 0 Å². The maximum absolute atomic E-state index is 12.2. The Morgan fingerprint density at radius 1 is 1.30 bits per heavy atom. The van der Waals surface area contributed by atoms with E-state index in [9.17, 15) is 9.59 Å². The highest BCUT2D eigenvalue weighted by Gasteiger charge is 2.49. The molecule has 1 saturated heterocycles. The standard InChI is InChI=1S/C17H31N3O3/c1-19(2)17(5-4-10-23-3)8-6-16(7-9-17)11-15(22)20(13-16)12-14(18)21/h4-13H2,1-3H3,(H2,18,21)/t16-,17-. The second-order valence-corrected chi connectivity index (χ2v) is 7.61. The maximum Gasteiger partial charge on any atom is 0.237 e. The summed E-state index contributed by atoms with van der Waals surface area (Å²) < 4.78 is 5.20. The van der Waals surface area contributed by atoms with Gasteiger partial charge in [-0.2, -0.15) is 0 Å². The molecule has 0 unspecified atom stereocenters. The second kappa shape index (κ2) is 7.18. The zero-order valence-corrected chi connectivity index (χ0v) is 14.8. The molecule has 6 heteroatoms. The maximum atomic E-state index is 12.2. The van der Waals surface area contributed by atoms with Crippen molar-refractivity contribution in [3.05, 3.63) is 0 Å². The molecule has 1 aliphatic carbocycles. The summed E-state index contributed by atoms with van der Waals surface area (Å²) in [5.74, 6) is -0.339. The van der Waals surface area contributed by atoms with E-state index in [-0.39, 0.29) is 23.4 Å². The number of likely N-dealkylation sites (tertiary alicyclic amines) is 1. The van der Waals surface area contributed by atoms with Crippen molar-refractivity contribution in [2.75, 3.05) is 40.9 Å². The van der Waals surface area contributed by atoms with E-state index in [0.717, 1.165) is 45.1 Å². The van der Waals surface area contributed by atoms with E-state index in [4.69, 9.17) is 10.5 Å². The summed E-state index contributed by atoms with van der Waals surface area (Å²) >= 11 is 0. The number of carbonyl (C=O) groups excluding carboxylic acids is 2. The Balaban J connectivity index is 1.98. The smallest absolute Gasteiger partial charge is 0.237 e. The molecule has 0 aromatic rings. The average molecular weight is 325 g/mol. The first-order valence-corrected chi connectivity index (χ1v) is 8.55. The first-order valence-electron chi connectivity index (χ1n) is 8.55. The van der Waals surface area contributed by atoms with Crippen LogP contribution in [0, 0.1) is 5.41 Å². The third kappa shape index (κ3) is 4.04. The van der Waals surface area contributed by atoms with E-state index >= 15 is 0 Å². The van der Waals surface area contributed by atoms with Crippen LogP contribution in [0.15, 0.2) is 0 Å². The molecule has 0 aromatic heterocycles. The van der Waals surface area contributed by atoms with Crippen LogP contribution < -0.4 is 5.73 Å². The normalized spacial score (nSPS) is 31.3. The zero-order chi connectivity index (χ0) is 17.1. The van der Waals surface area contributed by atoms with E-state index in [1.165, 1.54) is 0 Å². The van der Waals surface area contributed by atoms with Gasteiger partial charge in [-0.3, -0.25) is 9.59 Å². The van der Waals surface area contributed by atoms with Crippen molar-refractivity contribution in [1.82, 2.24) is 9.80 Å². The lowest BCUT2D eigenvalue weighted by molar-refractivity contribution is -0.132. The molecular weight excluding hydrogens is 294 g/mol. The highest BCUT2D eigenvalue weighted by Crippen LogP contribution is 2.49. The molecule has 0 bridgehead atoms. The molecule has 2 amide bonds. The third-order valence-corrected chi connectivity index (χ3v) is 5.93. The van der Waals surface area contributed by atoms with E-state index in [1.54, 1.807) is 12.0 Å². The Bertz CT molecular complexity index is 442. The molecule has 0 atom stereocenters. The zero-order valence-electron chi connectivity index (χ0n) is 14.8. The molecule has 6 nitrogen and oxygen atoms in total. The van der Waals surface area contributed by atoms with Crippen molar-refractivity contribution in [2.24, 2.45) is 11.1 Å². The number of nitrogens with two attached hydrogens (primary N) is 1. The van der Waals surface area contributed by atoms with Crippen LogP contribution in [0.1, 0.15) is 44.9 Å². The Morgan fingerprint density at radius 2 is 1.96 bits per heavy atom. The Kier molecular flexibility index (Phi) is 5.68. The number of primary amides is 1. The summed E-state index contributed by atoms with van der Waals surface area (Å²) in [6.45, 7) is 1.55. The lowest BCUT2D eigenvalue weighted by atomic mass is 9.65. The SMILES string of the molecule is COCCC[C@]1(N(C)C)CC[C@]2(CC1)CC(=O)N(CC(N)=O)C2. The quantitative estimate of drug-likeness (QED) is 0.708. The Labute approximate surface area is 139 Å². The van der Waals surface area contributed by atoms with Crippen molar-refractivity contribution >= 4 is 11.8 Å². The number of amides is 2. The van der Waals surface area contributed by atoms with Gasteiger partial charge in [0.05, 0.1) is 6.54 Å². The summed E-state index contributed by atoms with van der Waals surface area (Å²) in [4.78, 5) is 27.3. The van der Waals surface area contributed by atoms with Gasteiger partial charge in [-0.25, -0.2) is 0 Å². The number of carbonyl (C=O) groups is 2. The second-order valence-electron chi connectivity index (χ2n) is 7.61. The van der Waals surface area contributed by atoms with Gasteiger partial charge in [0.25, 0.3) is 0 Å². The van der Waals surface area contributed by atoms with Crippen LogP contribution in [0.25, 0.3) is 0 Å². The van der Waals surface area contributed by atoms with Crippen molar-refractivity contribution in [1.29, 1.82) is 0 Å². The molecule has 0 aromatic carbocycles. The molecule has 1 spiro atoms. The van der Waals surface area contributed by atoms with Gasteiger partial charge in [-0.15, -0.1) is 0 Å². The van der Waals surface area contributed by atoms with Crippen molar-refractivity contribution in [3.8, 4) is 0 Å². The lowest BCUT2D eigenvalue weighted by Gasteiger charge is -2.48. The molecular formula is C17H31N3O3. The summed E-state index contributed by atoms with van der Waals surface area (Å²) in [6.07, 6.45) is 7.04. The minimum Gasteiger partial charge on any atom is -0.385 e. The molecule has 2 rings (SSSR count). The number of hydrogen-bond donors (Lipinski definition) is 1. The summed E-state index contributed by atoms with van der Waals surface area (Å²) in [7, 11) is 6.06. The van der Waals surface area contributed by atoms with Crippen LogP contribution in [0.4, 0.5) is 0 Å². The van der Waals surface area contributed by atoms with Crippen LogP contribution in [0.5, 0.6) is 0 Å². The third-order valence-electron chi connectivity index (χ3n) is 5.93. The molecule has 2 fully saturated rings. The number of rotatable bonds is 7. The van der Waals surface area contributed by atoms with Gasteiger partial charge >= 0.3 is 0 Å². The van der Waals surface area contributed by atoms with Crippen molar-refractivity contribution in [2.45, 2.75) is 50.5 Å². The first kappa shape index (κ1) is 18.2. The molecule has 0 radical (unpaired) electrons. The fraction of sp³-hybridized carbons (Fsp3) is 0.882. The van der Waals surface area contributed by atoms with Gasteiger partial charge in [0.15, 0.2) is 0 Å². The molecule has 1 aliphatic heterocycles. The average Bonchev–Trinajstić information content (AvgIpc) is 2.77. The van der Waals surface area contributed by atoms with E-state index in [2.05, 4.69) is 19.0 Å². The minimum atomic E-state index is -0.423. The van der Waals surface area contributed by atoms with Crippen molar-refractivity contribution < 1.29 is 14.3 Å². The molecule has 1 saturated carbocycles. The minimum absolute atomic E-state index is 0.0489. The number of hydrogen-bond acceptors (Lipinski definition) is 4. The fourth-order valence-corrected chi connectivity index (χ4v) is 4.36. The van der Waals surface area contributed by atoms with Crippen LogP contribution in [-0.2, 0) is 14.3 Å². The van der Waals surface area contributed by atoms with Gasteiger partial charge in [0.2, 0.25) is 11.8 Å². The van der Waals surface area contributed by atoms with Crippen LogP contribution in [-0.4, -0.2) is 68.1 Å². The monoisotopic (exact) mass is 325 g/mol. The topological polar surface area (TPSA) is 75.9 Å². The molecule has 2 N–H and O–H groups in total. The Hall–Kier alpha value is -1.14. The van der Waals surface area contributed by atoms with E-state index in [0.29, 0.717) is 13.0 Å². The fourth-order valence-electron chi connectivity index (χ4n) is 4.36. The van der Waals surface area contributed by atoms with Gasteiger partial charge < -0.3 is 20.3 Å². The van der Waals surface area contributed by atoms with E-state index in [1.807, 2.05) is 0 Å². The van der Waals surface area contributed by atoms with E-state index < -0.39 is 5.91 Å². The van der Waals surface area contributed by atoms with Gasteiger partial charge in [-0.1, -0.05) is 0 Å². The summed E-state index contributed by atoms with van der Waals surface area (Å²) in [5.41, 5.74) is 5.51.